The highest BCUT2D eigenvalue weighted by molar-refractivity contribution is 14.0. The molecule has 7 nitrogen and oxygen atoms in total. The molecule has 1 aromatic heterocycles. The number of aliphatic imine (C=N–C) groups is 1. The molecule has 0 spiro atoms. The lowest BCUT2D eigenvalue weighted by Gasteiger charge is -2.25. The monoisotopic (exact) mass is 521 g/mol. The van der Waals surface area contributed by atoms with Crippen molar-refractivity contribution in [2.75, 3.05) is 26.2 Å². The van der Waals surface area contributed by atoms with E-state index >= 15 is 0 Å². The van der Waals surface area contributed by atoms with Crippen LogP contribution < -0.4 is 20.1 Å². The van der Waals surface area contributed by atoms with Gasteiger partial charge in [0.15, 0.2) is 23.6 Å². The number of hydrogen-bond donors (Lipinski definition) is 3. The summed E-state index contributed by atoms with van der Waals surface area (Å²) >= 11 is 0. The number of hydrogen-bond acceptors (Lipinski definition) is 4. The van der Waals surface area contributed by atoms with Crippen LogP contribution in [-0.2, 0) is 6.42 Å². The summed E-state index contributed by atoms with van der Waals surface area (Å²) in [5, 5.41) is 6.66. The second kappa shape index (κ2) is 11.1. The molecule has 0 saturated carbocycles. The average molecular weight is 521 g/mol. The number of aromatic nitrogens is 2. The summed E-state index contributed by atoms with van der Waals surface area (Å²) < 4.78 is 11.7. The molecule has 3 aromatic rings. The summed E-state index contributed by atoms with van der Waals surface area (Å²) in [6.45, 7) is 4.72. The molecule has 0 aliphatic carbocycles. The van der Waals surface area contributed by atoms with Crippen LogP contribution >= 0.6 is 24.0 Å². The van der Waals surface area contributed by atoms with Gasteiger partial charge in [-0.15, -0.1) is 24.0 Å². The smallest absolute Gasteiger partial charge is 0.191 e. The van der Waals surface area contributed by atoms with E-state index in [1.54, 1.807) is 0 Å². The molecule has 30 heavy (non-hydrogen) atoms. The first-order chi connectivity index (χ1) is 14.3. The van der Waals surface area contributed by atoms with Crippen molar-refractivity contribution in [3.8, 4) is 11.5 Å². The molecule has 3 N–H and O–H groups in total. The standard InChI is InChI=1S/C22H27N5O2.HI/c1-2-23-22(25-14-16-15-28-19-10-5-6-11-20(19)29-16)24-13-7-12-21-26-17-8-3-4-9-18(17)27-21;/h3-6,8-11,16H,2,7,12-15H2,1H3,(H,26,27)(H2,23,24,25);1H. The fraction of sp³-hybridized carbons (Fsp3) is 0.364. The van der Waals surface area contributed by atoms with Crippen molar-refractivity contribution in [1.82, 2.24) is 20.6 Å². The van der Waals surface area contributed by atoms with E-state index in [0.29, 0.717) is 13.2 Å². The minimum absolute atomic E-state index is 0. The van der Waals surface area contributed by atoms with Gasteiger partial charge in [0.05, 0.1) is 17.6 Å². The van der Waals surface area contributed by atoms with Crippen molar-refractivity contribution in [3.05, 3.63) is 54.4 Å². The van der Waals surface area contributed by atoms with Crippen molar-refractivity contribution < 1.29 is 9.47 Å². The first-order valence-corrected chi connectivity index (χ1v) is 10.2. The van der Waals surface area contributed by atoms with Gasteiger partial charge < -0.3 is 25.1 Å². The van der Waals surface area contributed by atoms with E-state index in [1.807, 2.05) is 42.5 Å². The van der Waals surface area contributed by atoms with Crippen molar-refractivity contribution in [2.24, 2.45) is 4.99 Å². The SMILES string of the molecule is CCNC(=NCC1COc2ccccc2O1)NCCCc1nc2ccccc2[nH]1.I. The first-order valence-electron chi connectivity index (χ1n) is 10.2. The fourth-order valence-electron chi connectivity index (χ4n) is 3.27. The molecule has 1 unspecified atom stereocenters. The summed E-state index contributed by atoms with van der Waals surface area (Å²) in [7, 11) is 0. The summed E-state index contributed by atoms with van der Waals surface area (Å²) in [5.74, 6) is 3.38. The quantitative estimate of drug-likeness (QED) is 0.192. The molecular formula is C22H28IN5O2. The maximum atomic E-state index is 5.97. The molecule has 8 heteroatoms. The Kier molecular flexibility index (Phi) is 8.18. The Morgan fingerprint density at radius 1 is 1.13 bits per heavy atom. The number of H-pyrrole nitrogens is 1. The maximum Gasteiger partial charge on any atom is 0.191 e. The normalized spacial score (nSPS) is 15.5. The lowest BCUT2D eigenvalue weighted by atomic mass is 10.2. The maximum absolute atomic E-state index is 5.97. The van der Waals surface area contributed by atoms with Gasteiger partial charge in [0.2, 0.25) is 0 Å². The van der Waals surface area contributed by atoms with Gasteiger partial charge in [-0.1, -0.05) is 24.3 Å². The molecule has 1 atom stereocenters. The van der Waals surface area contributed by atoms with Crippen LogP contribution in [0.1, 0.15) is 19.2 Å². The van der Waals surface area contributed by atoms with Crippen LogP contribution in [0, 0.1) is 0 Å². The molecule has 160 valence electrons. The van der Waals surface area contributed by atoms with Gasteiger partial charge in [0, 0.05) is 19.5 Å². The second-order valence-corrected chi connectivity index (χ2v) is 6.95. The number of para-hydroxylation sites is 4. The molecule has 4 rings (SSSR count). The van der Waals surface area contributed by atoms with E-state index in [1.165, 1.54) is 0 Å². The molecule has 1 aliphatic heterocycles. The number of aryl methyl sites for hydroxylation is 1. The minimum Gasteiger partial charge on any atom is -0.486 e. The van der Waals surface area contributed by atoms with Gasteiger partial charge in [-0.25, -0.2) is 9.98 Å². The highest BCUT2D eigenvalue weighted by atomic mass is 127. The van der Waals surface area contributed by atoms with Crippen LogP contribution in [0.4, 0.5) is 0 Å². The van der Waals surface area contributed by atoms with E-state index in [-0.39, 0.29) is 30.1 Å². The number of fused-ring (bicyclic) bond motifs is 2. The zero-order chi connectivity index (χ0) is 19.9. The molecule has 0 amide bonds. The summed E-state index contributed by atoms with van der Waals surface area (Å²) in [5.41, 5.74) is 2.10. The van der Waals surface area contributed by atoms with Crippen LogP contribution in [0.25, 0.3) is 11.0 Å². The van der Waals surface area contributed by atoms with E-state index in [0.717, 1.165) is 60.2 Å². The van der Waals surface area contributed by atoms with Crippen LogP contribution in [0.15, 0.2) is 53.5 Å². The number of rotatable bonds is 7. The topological polar surface area (TPSA) is 83.6 Å². The first kappa shape index (κ1) is 22.2. The largest absolute Gasteiger partial charge is 0.486 e. The van der Waals surface area contributed by atoms with E-state index in [4.69, 9.17) is 9.47 Å². The number of benzene rings is 2. The highest BCUT2D eigenvalue weighted by Gasteiger charge is 2.20. The highest BCUT2D eigenvalue weighted by Crippen LogP contribution is 2.30. The Morgan fingerprint density at radius 2 is 1.93 bits per heavy atom. The van der Waals surface area contributed by atoms with Crippen molar-refractivity contribution in [2.45, 2.75) is 25.9 Å². The van der Waals surface area contributed by atoms with Gasteiger partial charge in [0.1, 0.15) is 12.4 Å². The van der Waals surface area contributed by atoms with Gasteiger partial charge in [-0.05, 0) is 37.6 Å². The van der Waals surface area contributed by atoms with E-state index < -0.39 is 0 Å². The Bertz CT molecular complexity index is 942. The Labute approximate surface area is 193 Å². The number of imidazole rings is 1. The van der Waals surface area contributed by atoms with Gasteiger partial charge >= 0.3 is 0 Å². The summed E-state index contributed by atoms with van der Waals surface area (Å²) in [6, 6.07) is 15.8. The third-order valence-electron chi connectivity index (χ3n) is 4.69. The zero-order valence-corrected chi connectivity index (χ0v) is 19.4. The van der Waals surface area contributed by atoms with Gasteiger partial charge in [-0.3, -0.25) is 0 Å². The molecule has 1 aliphatic rings. The van der Waals surface area contributed by atoms with E-state index in [2.05, 4.69) is 38.6 Å². The molecule has 0 radical (unpaired) electrons. The van der Waals surface area contributed by atoms with Crippen LogP contribution in [0.2, 0.25) is 0 Å². The summed E-state index contributed by atoms with van der Waals surface area (Å²) in [4.78, 5) is 12.6. The number of nitrogens with zero attached hydrogens (tertiary/aromatic N) is 2. The predicted octanol–water partition coefficient (Wildman–Crippen LogP) is 3.51. The van der Waals surface area contributed by atoms with Gasteiger partial charge in [-0.2, -0.15) is 0 Å². The molecular weight excluding hydrogens is 493 g/mol. The molecule has 0 bridgehead atoms. The molecule has 0 saturated heterocycles. The average Bonchev–Trinajstić information content (AvgIpc) is 3.17. The third-order valence-corrected chi connectivity index (χ3v) is 4.69. The van der Waals surface area contributed by atoms with Crippen LogP contribution in [0.5, 0.6) is 11.5 Å². The Morgan fingerprint density at radius 3 is 2.77 bits per heavy atom. The van der Waals surface area contributed by atoms with Crippen LogP contribution in [-0.4, -0.2) is 48.3 Å². The summed E-state index contributed by atoms with van der Waals surface area (Å²) in [6.07, 6.45) is 1.76. The number of nitrogens with one attached hydrogen (secondary N) is 3. The number of ether oxygens (including phenoxy) is 2. The van der Waals surface area contributed by atoms with Crippen molar-refractivity contribution in [3.63, 3.8) is 0 Å². The number of guanidine groups is 1. The second-order valence-electron chi connectivity index (χ2n) is 6.95. The molecule has 0 fully saturated rings. The Balaban J connectivity index is 0.00000256. The van der Waals surface area contributed by atoms with Gasteiger partial charge in [0.25, 0.3) is 0 Å². The van der Waals surface area contributed by atoms with Crippen molar-refractivity contribution in [1.29, 1.82) is 0 Å². The fourth-order valence-corrected chi connectivity index (χ4v) is 3.27. The zero-order valence-electron chi connectivity index (χ0n) is 17.1. The lowest BCUT2D eigenvalue weighted by molar-refractivity contribution is 0.0971. The Hall–Kier alpha value is -2.49. The van der Waals surface area contributed by atoms with Crippen molar-refractivity contribution >= 4 is 41.0 Å². The van der Waals surface area contributed by atoms with Crippen LogP contribution in [0.3, 0.4) is 0 Å². The number of halogens is 1. The predicted molar refractivity (Wildman–Crippen MR) is 130 cm³/mol. The van der Waals surface area contributed by atoms with E-state index in [9.17, 15) is 0 Å². The lowest BCUT2D eigenvalue weighted by Crippen LogP contribution is -2.40. The minimum atomic E-state index is -0.0871. The third kappa shape index (κ3) is 5.78. The molecule has 2 heterocycles. The molecule has 2 aromatic carbocycles. The number of aromatic amines is 1.